The summed E-state index contributed by atoms with van der Waals surface area (Å²) >= 11 is 0. The van der Waals surface area contributed by atoms with E-state index in [-0.39, 0.29) is 23.8 Å². The number of carbonyl (C=O) groups is 2. The number of aromatic nitrogens is 2. The van der Waals surface area contributed by atoms with Crippen molar-refractivity contribution in [3.63, 3.8) is 0 Å². The molecule has 0 aliphatic carbocycles. The number of anilines is 1. The fourth-order valence-corrected chi connectivity index (χ4v) is 2.74. The van der Waals surface area contributed by atoms with E-state index < -0.39 is 0 Å². The number of aryl methyl sites for hydroxylation is 2. The first-order valence-corrected chi connectivity index (χ1v) is 8.90. The lowest BCUT2D eigenvalue weighted by atomic mass is 10.0. The summed E-state index contributed by atoms with van der Waals surface area (Å²) in [7, 11) is 0. The van der Waals surface area contributed by atoms with Crippen molar-refractivity contribution in [2.24, 2.45) is 0 Å². The lowest BCUT2D eigenvalue weighted by molar-refractivity contribution is -0.117. The van der Waals surface area contributed by atoms with E-state index in [1.165, 1.54) is 18.6 Å². The van der Waals surface area contributed by atoms with Crippen LogP contribution in [0.2, 0.25) is 0 Å². The number of hydrogen-bond acceptors (Lipinski definition) is 4. The van der Waals surface area contributed by atoms with Gasteiger partial charge in [-0.1, -0.05) is 12.1 Å². The van der Waals surface area contributed by atoms with Crippen LogP contribution in [-0.4, -0.2) is 21.5 Å². The second-order valence-corrected chi connectivity index (χ2v) is 6.70. The summed E-state index contributed by atoms with van der Waals surface area (Å²) in [4.78, 5) is 35.7. The number of amides is 1. The maximum absolute atomic E-state index is 12.3. The van der Waals surface area contributed by atoms with Gasteiger partial charge in [-0.25, -0.2) is 4.68 Å². The molecule has 0 aliphatic heterocycles. The average Bonchev–Trinajstić information content (AvgIpc) is 2.66. The van der Waals surface area contributed by atoms with Gasteiger partial charge in [0, 0.05) is 22.9 Å². The SMILES string of the molecule is CC(=O)c1ccc(NC(=O)Cn2nc(-c3ccc(C)c(C)c3)ccc2=O)cc1. The zero-order valence-corrected chi connectivity index (χ0v) is 16.0. The Morgan fingerprint density at radius 2 is 1.68 bits per heavy atom. The number of ketones is 1. The molecular formula is C22H21N3O3. The van der Waals surface area contributed by atoms with Gasteiger partial charge in [0.05, 0.1) is 5.69 Å². The van der Waals surface area contributed by atoms with Crippen LogP contribution in [0.5, 0.6) is 0 Å². The lowest BCUT2D eigenvalue weighted by Crippen LogP contribution is -2.29. The lowest BCUT2D eigenvalue weighted by Gasteiger charge is -2.09. The molecule has 28 heavy (non-hydrogen) atoms. The van der Waals surface area contributed by atoms with Crippen molar-refractivity contribution < 1.29 is 9.59 Å². The first-order chi connectivity index (χ1) is 13.3. The molecular weight excluding hydrogens is 354 g/mol. The zero-order chi connectivity index (χ0) is 20.3. The molecule has 0 fully saturated rings. The molecule has 1 N–H and O–H groups in total. The fourth-order valence-electron chi connectivity index (χ4n) is 2.74. The van der Waals surface area contributed by atoms with E-state index in [4.69, 9.17) is 0 Å². The molecule has 0 radical (unpaired) electrons. The van der Waals surface area contributed by atoms with Gasteiger partial charge in [-0.05, 0) is 68.3 Å². The van der Waals surface area contributed by atoms with Crippen LogP contribution in [0.4, 0.5) is 5.69 Å². The molecule has 1 aromatic heterocycles. The minimum Gasteiger partial charge on any atom is -0.324 e. The Morgan fingerprint density at radius 1 is 0.964 bits per heavy atom. The number of Topliss-reactive ketones (excluding diaryl/α,β-unsaturated/α-hetero) is 1. The van der Waals surface area contributed by atoms with Gasteiger partial charge in [0.25, 0.3) is 5.56 Å². The smallest absolute Gasteiger partial charge is 0.267 e. The summed E-state index contributed by atoms with van der Waals surface area (Å²) in [5.41, 5.74) is 4.58. The van der Waals surface area contributed by atoms with Crippen molar-refractivity contribution in [2.45, 2.75) is 27.3 Å². The van der Waals surface area contributed by atoms with Crippen LogP contribution in [0.15, 0.2) is 59.4 Å². The molecule has 0 atom stereocenters. The second kappa shape index (κ2) is 8.00. The predicted molar refractivity (Wildman–Crippen MR) is 108 cm³/mol. The minimum atomic E-state index is -0.373. The van der Waals surface area contributed by atoms with E-state index >= 15 is 0 Å². The van der Waals surface area contributed by atoms with Crippen molar-refractivity contribution in [3.8, 4) is 11.3 Å². The number of nitrogens with one attached hydrogen (secondary N) is 1. The van der Waals surface area contributed by atoms with Crippen LogP contribution >= 0.6 is 0 Å². The Hall–Kier alpha value is -3.54. The molecule has 1 heterocycles. The highest BCUT2D eigenvalue weighted by Crippen LogP contribution is 2.19. The number of benzene rings is 2. The Balaban J connectivity index is 1.77. The molecule has 0 spiro atoms. The molecule has 0 saturated carbocycles. The molecule has 3 rings (SSSR count). The highest BCUT2D eigenvalue weighted by Gasteiger charge is 2.09. The fraction of sp³-hybridized carbons (Fsp3) is 0.182. The Morgan fingerprint density at radius 3 is 2.32 bits per heavy atom. The molecule has 3 aromatic rings. The standard InChI is InChI=1S/C22H21N3O3/c1-14-4-5-18(12-15(14)2)20-10-11-22(28)25(24-20)13-21(27)23-19-8-6-17(7-9-19)16(3)26/h4-12H,13H2,1-3H3,(H,23,27). The molecule has 0 aliphatic rings. The zero-order valence-electron chi connectivity index (χ0n) is 16.0. The quantitative estimate of drug-likeness (QED) is 0.693. The van der Waals surface area contributed by atoms with Crippen LogP contribution in [-0.2, 0) is 11.3 Å². The highest BCUT2D eigenvalue weighted by molar-refractivity contribution is 5.95. The Bertz CT molecular complexity index is 1100. The van der Waals surface area contributed by atoms with E-state index in [0.29, 0.717) is 16.9 Å². The van der Waals surface area contributed by atoms with Gasteiger partial charge >= 0.3 is 0 Å². The third kappa shape index (κ3) is 4.40. The van der Waals surface area contributed by atoms with E-state index in [9.17, 15) is 14.4 Å². The largest absolute Gasteiger partial charge is 0.324 e. The Kier molecular flexibility index (Phi) is 5.49. The molecule has 2 aromatic carbocycles. The van der Waals surface area contributed by atoms with E-state index in [1.807, 2.05) is 32.0 Å². The van der Waals surface area contributed by atoms with Crippen molar-refractivity contribution in [1.29, 1.82) is 0 Å². The van der Waals surface area contributed by atoms with Crippen LogP contribution in [0.1, 0.15) is 28.4 Å². The maximum atomic E-state index is 12.3. The molecule has 6 nitrogen and oxygen atoms in total. The van der Waals surface area contributed by atoms with Crippen molar-refractivity contribution in [3.05, 3.63) is 81.6 Å². The van der Waals surface area contributed by atoms with Crippen molar-refractivity contribution in [2.75, 3.05) is 5.32 Å². The van der Waals surface area contributed by atoms with Crippen LogP contribution < -0.4 is 10.9 Å². The van der Waals surface area contributed by atoms with Crippen molar-refractivity contribution in [1.82, 2.24) is 9.78 Å². The Labute approximate surface area is 162 Å². The summed E-state index contributed by atoms with van der Waals surface area (Å²) in [5.74, 6) is -0.417. The number of nitrogens with zero attached hydrogens (tertiary/aromatic N) is 2. The monoisotopic (exact) mass is 375 g/mol. The first kappa shape index (κ1) is 19.2. The van der Waals surface area contributed by atoms with Gasteiger partial charge in [-0.15, -0.1) is 0 Å². The summed E-state index contributed by atoms with van der Waals surface area (Å²) in [5, 5.41) is 7.04. The van der Waals surface area contributed by atoms with Gasteiger partial charge in [0.15, 0.2) is 5.78 Å². The van der Waals surface area contributed by atoms with Gasteiger partial charge in [0.1, 0.15) is 6.54 Å². The van der Waals surface area contributed by atoms with Crippen molar-refractivity contribution >= 4 is 17.4 Å². The van der Waals surface area contributed by atoms with Gasteiger partial charge in [-0.2, -0.15) is 5.10 Å². The van der Waals surface area contributed by atoms with Gasteiger partial charge in [0.2, 0.25) is 5.91 Å². The molecule has 6 heteroatoms. The van der Waals surface area contributed by atoms with Crippen LogP contribution in [0.3, 0.4) is 0 Å². The topological polar surface area (TPSA) is 81.1 Å². The van der Waals surface area contributed by atoms with E-state index in [2.05, 4.69) is 10.4 Å². The summed E-state index contributed by atoms with van der Waals surface area (Å²) in [6, 6.07) is 15.6. The number of hydrogen-bond donors (Lipinski definition) is 1. The average molecular weight is 375 g/mol. The van der Waals surface area contributed by atoms with Gasteiger partial charge < -0.3 is 5.32 Å². The van der Waals surface area contributed by atoms with E-state index in [0.717, 1.165) is 15.8 Å². The van der Waals surface area contributed by atoms with Crippen LogP contribution in [0, 0.1) is 13.8 Å². The number of carbonyl (C=O) groups excluding carboxylic acids is 2. The molecule has 0 saturated heterocycles. The van der Waals surface area contributed by atoms with E-state index in [1.54, 1.807) is 30.3 Å². The predicted octanol–water partition coefficient (Wildman–Crippen LogP) is 3.37. The molecule has 142 valence electrons. The highest BCUT2D eigenvalue weighted by atomic mass is 16.2. The summed E-state index contributed by atoms with van der Waals surface area (Å²) in [6.45, 7) is 5.32. The second-order valence-electron chi connectivity index (χ2n) is 6.70. The molecule has 0 unspecified atom stereocenters. The third-order valence-electron chi connectivity index (χ3n) is 4.54. The minimum absolute atomic E-state index is 0.0446. The normalized spacial score (nSPS) is 10.5. The maximum Gasteiger partial charge on any atom is 0.267 e. The van der Waals surface area contributed by atoms with Crippen LogP contribution in [0.25, 0.3) is 11.3 Å². The number of rotatable bonds is 5. The third-order valence-corrected chi connectivity index (χ3v) is 4.54. The molecule has 0 bridgehead atoms. The first-order valence-electron chi connectivity index (χ1n) is 8.90. The van der Waals surface area contributed by atoms with Gasteiger partial charge in [-0.3, -0.25) is 14.4 Å². The summed E-state index contributed by atoms with van der Waals surface area (Å²) in [6.07, 6.45) is 0. The molecule has 1 amide bonds. The summed E-state index contributed by atoms with van der Waals surface area (Å²) < 4.78 is 1.14.